The van der Waals surface area contributed by atoms with E-state index in [2.05, 4.69) is 4.98 Å². The summed E-state index contributed by atoms with van der Waals surface area (Å²) < 4.78 is 70.5. The van der Waals surface area contributed by atoms with Gasteiger partial charge in [-0.1, -0.05) is 54.1 Å². The smallest absolute Gasteiger partial charge is 0.352 e. The Kier molecular flexibility index (Phi) is 5.14. The van der Waals surface area contributed by atoms with Gasteiger partial charge in [-0.05, 0) is 36.8 Å². The lowest BCUT2D eigenvalue weighted by Crippen LogP contribution is -2.44. The Morgan fingerprint density at radius 2 is 1.59 bits per heavy atom. The van der Waals surface area contributed by atoms with Crippen molar-refractivity contribution in [2.75, 3.05) is 6.54 Å². The van der Waals surface area contributed by atoms with E-state index in [9.17, 15) is 26.4 Å². The highest BCUT2D eigenvalue weighted by Gasteiger charge is 2.46. The maximum atomic E-state index is 14.0. The molecular weight excluding hydrogens is 465 g/mol. The Balaban J connectivity index is 1.83. The van der Waals surface area contributed by atoms with Crippen LogP contribution in [-0.4, -0.2) is 30.0 Å². The number of hydrogen-bond acceptors (Lipinski definition) is 3. The van der Waals surface area contributed by atoms with E-state index in [-0.39, 0.29) is 21.7 Å². The van der Waals surface area contributed by atoms with E-state index in [0.717, 1.165) is 15.9 Å². The number of aryl methyl sites for hydroxylation is 1. The van der Waals surface area contributed by atoms with Crippen LogP contribution in [0.5, 0.6) is 0 Å². The third kappa shape index (κ3) is 3.52. The van der Waals surface area contributed by atoms with Gasteiger partial charge in [-0.15, -0.1) is 0 Å². The predicted molar refractivity (Wildman–Crippen MR) is 121 cm³/mol. The van der Waals surface area contributed by atoms with Gasteiger partial charge in [-0.25, -0.2) is 8.42 Å². The van der Waals surface area contributed by atoms with E-state index in [1.165, 1.54) is 30.3 Å². The average molecular weight is 484 g/mol. The highest BCUT2D eigenvalue weighted by atomic mass is 32.2. The number of fused-ring (bicyclic) bond motifs is 3. The number of aromatic amines is 1. The van der Waals surface area contributed by atoms with Crippen molar-refractivity contribution in [3.05, 3.63) is 101 Å². The molecular formula is C25H19F3N2O3S. The molecule has 0 aliphatic carbocycles. The molecule has 0 fully saturated rings. The van der Waals surface area contributed by atoms with E-state index in [4.69, 9.17) is 0 Å². The number of benzene rings is 3. The van der Waals surface area contributed by atoms with Crippen LogP contribution in [0.3, 0.4) is 0 Å². The van der Waals surface area contributed by atoms with Crippen molar-refractivity contribution < 1.29 is 26.4 Å². The highest BCUT2D eigenvalue weighted by Crippen LogP contribution is 2.46. The molecule has 1 atom stereocenters. The molecule has 9 heteroatoms. The number of para-hydroxylation sites is 1. The molecule has 3 aromatic carbocycles. The predicted octanol–water partition coefficient (Wildman–Crippen LogP) is 5.47. The van der Waals surface area contributed by atoms with Crippen LogP contribution in [0.2, 0.25) is 0 Å². The summed E-state index contributed by atoms with van der Waals surface area (Å²) in [5, 5.41) is 0.497. The molecule has 0 spiro atoms. The SMILES string of the molecule is Cc1ccc(S(=O)(=O)N2CC(=O)c3[nH]c4ccccc4c3C2c2ccccc2C(F)(F)F)cc1. The number of halogens is 3. The van der Waals surface area contributed by atoms with Crippen LogP contribution in [0, 0.1) is 6.92 Å². The van der Waals surface area contributed by atoms with Gasteiger partial charge in [0.2, 0.25) is 10.0 Å². The van der Waals surface area contributed by atoms with Crippen molar-refractivity contribution in [1.82, 2.24) is 9.29 Å². The fourth-order valence-corrected chi connectivity index (χ4v) is 6.03. The number of carbonyl (C=O) groups excluding carboxylic acids is 1. The number of H-pyrrole nitrogens is 1. The fraction of sp³-hybridized carbons (Fsp3) is 0.160. The molecule has 1 unspecified atom stereocenters. The molecule has 0 saturated heterocycles. The van der Waals surface area contributed by atoms with Gasteiger partial charge in [0.05, 0.1) is 28.7 Å². The number of alkyl halides is 3. The van der Waals surface area contributed by atoms with Crippen LogP contribution in [0.25, 0.3) is 10.9 Å². The third-order valence-electron chi connectivity index (χ3n) is 6.07. The summed E-state index contributed by atoms with van der Waals surface area (Å²) >= 11 is 0. The Hall–Kier alpha value is -3.43. The Bertz CT molecular complexity index is 1520. The number of aromatic nitrogens is 1. The van der Waals surface area contributed by atoms with Crippen molar-refractivity contribution in [3.63, 3.8) is 0 Å². The van der Waals surface area contributed by atoms with E-state index in [0.29, 0.717) is 10.9 Å². The van der Waals surface area contributed by atoms with Gasteiger partial charge in [-0.2, -0.15) is 17.5 Å². The first-order chi connectivity index (χ1) is 16.1. The second-order valence-corrected chi connectivity index (χ2v) is 10.1. The lowest BCUT2D eigenvalue weighted by atomic mass is 9.89. The molecule has 1 aliphatic heterocycles. The van der Waals surface area contributed by atoms with Gasteiger partial charge in [0.1, 0.15) is 0 Å². The standard InChI is InChI=1S/C25H19F3N2O3S/c1-15-10-12-16(13-11-15)34(32,33)30-14-21(31)23-22(18-7-3-5-9-20(18)29-23)24(30)17-6-2-4-8-19(17)25(26,27)28/h2-13,24,29H,14H2,1H3. The monoisotopic (exact) mass is 484 g/mol. The normalized spacial score (nSPS) is 17.2. The summed E-state index contributed by atoms with van der Waals surface area (Å²) in [6, 6.07) is 16.3. The molecule has 0 saturated carbocycles. The number of hydrogen-bond donors (Lipinski definition) is 1. The van der Waals surface area contributed by atoms with Crippen molar-refractivity contribution >= 4 is 26.7 Å². The fourth-order valence-electron chi connectivity index (χ4n) is 4.50. The summed E-state index contributed by atoms with van der Waals surface area (Å²) in [4.78, 5) is 16.0. The highest BCUT2D eigenvalue weighted by molar-refractivity contribution is 7.89. The summed E-state index contributed by atoms with van der Waals surface area (Å²) in [6.45, 7) is 1.20. The van der Waals surface area contributed by atoms with Crippen LogP contribution in [-0.2, 0) is 16.2 Å². The lowest BCUT2D eigenvalue weighted by Gasteiger charge is -2.35. The zero-order valence-corrected chi connectivity index (χ0v) is 18.7. The van der Waals surface area contributed by atoms with Gasteiger partial charge < -0.3 is 4.98 Å². The van der Waals surface area contributed by atoms with Gasteiger partial charge >= 0.3 is 6.18 Å². The Labute approximate surface area is 193 Å². The topological polar surface area (TPSA) is 70.2 Å². The van der Waals surface area contributed by atoms with E-state index >= 15 is 0 Å². The first-order valence-corrected chi connectivity index (χ1v) is 11.9. The van der Waals surface area contributed by atoms with Crippen molar-refractivity contribution in [2.45, 2.75) is 24.0 Å². The molecule has 1 aliphatic rings. The second kappa shape index (κ2) is 7.82. The molecule has 2 heterocycles. The molecule has 0 amide bonds. The number of sulfonamides is 1. The van der Waals surface area contributed by atoms with E-state index in [1.54, 1.807) is 43.3 Å². The van der Waals surface area contributed by atoms with Gasteiger partial charge in [0.25, 0.3) is 0 Å². The van der Waals surface area contributed by atoms with Crippen LogP contribution in [0.4, 0.5) is 13.2 Å². The molecule has 174 valence electrons. The average Bonchev–Trinajstić information content (AvgIpc) is 3.19. The molecule has 34 heavy (non-hydrogen) atoms. The Morgan fingerprint density at radius 3 is 2.29 bits per heavy atom. The van der Waals surface area contributed by atoms with Crippen molar-refractivity contribution in [1.29, 1.82) is 0 Å². The number of carbonyl (C=O) groups is 1. The number of Topliss-reactive ketones (excluding diaryl/α,β-unsaturated/α-hetero) is 1. The van der Waals surface area contributed by atoms with E-state index < -0.39 is 40.1 Å². The maximum absolute atomic E-state index is 14.0. The van der Waals surface area contributed by atoms with Crippen LogP contribution in [0.1, 0.15) is 38.8 Å². The molecule has 4 aromatic rings. The zero-order valence-electron chi connectivity index (χ0n) is 17.9. The van der Waals surface area contributed by atoms with Crippen LogP contribution < -0.4 is 0 Å². The number of rotatable bonds is 3. The third-order valence-corrected chi connectivity index (χ3v) is 7.90. The largest absolute Gasteiger partial charge is 0.416 e. The molecule has 5 rings (SSSR count). The molecule has 1 N–H and O–H groups in total. The van der Waals surface area contributed by atoms with Crippen LogP contribution in [0.15, 0.2) is 77.7 Å². The van der Waals surface area contributed by atoms with Crippen molar-refractivity contribution in [2.24, 2.45) is 0 Å². The summed E-state index contributed by atoms with van der Waals surface area (Å²) in [6.07, 6.45) is -4.72. The minimum absolute atomic E-state index is 0.0938. The number of ketones is 1. The first-order valence-electron chi connectivity index (χ1n) is 10.5. The van der Waals surface area contributed by atoms with Crippen LogP contribution >= 0.6 is 0 Å². The quantitative estimate of drug-likeness (QED) is 0.419. The van der Waals surface area contributed by atoms with Gasteiger partial charge in [0.15, 0.2) is 5.78 Å². The van der Waals surface area contributed by atoms with E-state index in [1.807, 2.05) is 0 Å². The summed E-state index contributed by atoms with van der Waals surface area (Å²) in [5.74, 6) is -0.511. The zero-order chi connectivity index (χ0) is 24.3. The number of nitrogens with zero attached hydrogens (tertiary/aromatic N) is 1. The lowest BCUT2D eigenvalue weighted by molar-refractivity contribution is -0.138. The first kappa shape index (κ1) is 22.4. The van der Waals surface area contributed by atoms with Gasteiger partial charge in [0, 0.05) is 16.5 Å². The maximum Gasteiger partial charge on any atom is 0.416 e. The van der Waals surface area contributed by atoms with Gasteiger partial charge in [-0.3, -0.25) is 4.79 Å². The molecule has 0 radical (unpaired) electrons. The van der Waals surface area contributed by atoms with Crippen molar-refractivity contribution in [3.8, 4) is 0 Å². The Morgan fingerprint density at radius 1 is 0.941 bits per heavy atom. The minimum Gasteiger partial charge on any atom is -0.352 e. The molecule has 5 nitrogen and oxygen atoms in total. The molecule has 1 aromatic heterocycles. The summed E-state index contributed by atoms with van der Waals surface area (Å²) in [7, 11) is -4.33. The molecule has 0 bridgehead atoms. The summed E-state index contributed by atoms with van der Waals surface area (Å²) in [5.41, 5.74) is 0.535. The minimum atomic E-state index is -4.72. The second-order valence-electron chi connectivity index (χ2n) is 8.23. The number of nitrogens with one attached hydrogen (secondary N) is 1.